The zero-order chi connectivity index (χ0) is 58.7. The van der Waals surface area contributed by atoms with E-state index in [4.69, 9.17) is 24.3 Å². The third kappa shape index (κ3) is 64.7. The number of hydrogen-bond acceptors (Lipinski definition) is 8. The summed E-state index contributed by atoms with van der Waals surface area (Å²) in [5, 5.41) is 0. The molecule has 0 aliphatic carbocycles. The Kier molecular flexibility index (Phi) is 61.3. The molecule has 0 fully saturated rings. The van der Waals surface area contributed by atoms with Gasteiger partial charge in [-0.15, -0.1) is 0 Å². The summed E-state index contributed by atoms with van der Waals surface area (Å²) in [4.78, 5) is 35.3. The fourth-order valence-corrected chi connectivity index (χ4v) is 9.03. The second-order valence-corrected chi connectivity index (χ2v) is 22.0. The first-order valence-corrected chi connectivity index (χ1v) is 33.5. The molecule has 458 valence electrons. The van der Waals surface area contributed by atoms with E-state index in [-0.39, 0.29) is 32.6 Å². The quantitative estimate of drug-likeness (QED) is 0.0264. The Balaban J connectivity index is 4.01. The van der Waals surface area contributed by atoms with E-state index in [1.807, 2.05) is 0 Å². The summed E-state index contributed by atoms with van der Waals surface area (Å²) in [6.07, 6.45) is 94.4. The molecule has 0 amide bonds. The molecule has 81 heavy (non-hydrogen) atoms. The van der Waals surface area contributed by atoms with Crippen LogP contribution in [-0.2, 0) is 32.7 Å². The first-order chi connectivity index (χ1) is 39.8. The third-order valence-corrected chi connectivity index (χ3v) is 13.9. The Bertz CT molecular complexity index is 1880. The number of carbonyl (C=O) groups is 2. The summed E-state index contributed by atoms with van der Waals surface area (Å²) in [5.74, 6) is -0.848. The van der Waals surface area contributed by atoms with Gasteiger partial charge in [0.15, 0.2) is 6.10 Å². The van der Waals surface area contributed by atoms with E-state index in [2.05, 4.69) is 172 Å². The number of esters is 2. The van der Waals surface area contributed by atoms with E-state index in [9.17, 15) is 19.0 Å². The normalized spacial score (nSPS) is 14.1. The second kappa shape index (κ2) is 64.8. The molecule has 0 bridgehead atoms. The van der Waals surface area contributed by atoms with Crippen LogP contribution in [0.5, 0.6) is 0 Å². The van der Waals surface area contributed by atoms with E-state index >= 15 is 0 Å². The van der Waals surface area contributed by atoms with Gasteiger partial charge in [-0.3, -0.25) is 18.6 Å². The monoisotopic (exact) mass is 1140 g/mol. The minimum Gasteiger partial charge on any atom is -0.462 e. The van der Waals surface area contributed by atoms with Gasteiger partial charge in [0.25, 0.3) is 0 Å². The highest BCUT2D eigenvalue weighted by Crippen LogP contribution is 2.43. The van der Waals surface area contributed by atoms with Crippen LogP contribution in [0.15, 0.2) is 158 Å². The maximum atomic E-state index is 12.7. The van der Waals surface area contributed by atoms with E-state index in [1.165, 1.54) is 70.6 Å². The summed E-state index contributed by atoms with van der Waals surface area (Å²) in [7, 11) is -4.41. The zero-order valence-corrected chi connectivity index (χ0v) is 52.1. The number of phosphoric acid groups is 1. The molecular weight excluding hydrogens is 1030 g/mol. The smallest absolute Gasteiger partial charge is 0.462 e. The van der Waals surface area contributed by atoms with E-state index in [0.717, 1.165) is 141 Å². The first kappa shape index (κ1) is 76.6. The fourth-order valence-electron chi connectivity index (χ4n) is 8.27. The molecule has 2 atom stereocenters. The number of allylic oxidation sites excluding steroid dienone is 26. The number of unbranched alkanes of at least 4 members (excludes halogenated alkanes) is 19. The average molecular weight is 1140 g/mol. The van der Waals surface area contributed by atoms with Crippen LogP contribution >= 0.6 is 7.82 Å². The molecule has 0 aliphatic heterocycles. The predicted octanol–water partition coefficient (Wildman–Crippen LogP) is 20.8. The van der Waals surface area contributed by atoms with Crippen molar-refractivity contribution in [2.75, 3.05) is 26.4 Å². The highest BCUT2D eigenvalue weighted by atomic mass is 31.2. The zero-order valence-electron chi connectivity index (χ0n) is 51.2. The molecule has 0 rings (SSSR count). The lowest BCUT2D eigenvalue weighted by Gasteiger charge is -2.19. The molecule has 0 aromatic rings. The van der Waals surface area contributed by atoms with Crippen molar-refractivity contribution in [1.82, 2.24) is 0 Å². The van der Waals surface area contributed by atoms with Crippen LogP contribution in [0, 0.1) is 0 Å². The Labute approximate surface area is 496 Å². The minimum absolute atomic E-state index is 0.0438. The van der Waals surface area contributed by atoms with E-state index in [1.54, 1.807) is 0 Å². The lowest BCUT2D eigenvalue weighted by molar-refractivity contribution is -0.161. The minimum atomic E-state index is -4.41. The lowest BCUT2D eigenvalue weighted by atomic mass is 10.0. The maximum Gasteiger partial charge on any atom is 0.472 e. The van der Waals surface area contributed by atoms with Gasteiger partial charge in [0.2, 0.25) is 0 Å². The van der Waals surface area contributed by atoms with Crippen LogP contribution in [0.3, 0.4) is 0 Å². The second-order valence-electron chi connectivity index (χ2n) is 20.5. The molecule has 2 unspecified atom stereocenters. The van der Waals surface area contributed by atoms with Crippen LogP contribution in [0.2, 0.25) is 0 Å². The molecule has 0 radical (unpaired) electrons. The molecule has 10 heteroatoms. The molecule has 0 aliphatic rings. The van der Waals surface area contributed by atoms with Crippen LogP contribution in [0.4, 0.5) is 0 Å². The first-order valence-electron chi connectivity index (χ1n) is 32.0. The Morgan fingerprint density at radius 2 is 0.642 bits per heavy atom. The third-order valence-electron chi connectivity index (χ3n) is 12.9. The molecule has 0 saturated heterocycles. The molecule has 0 aromatic carbocycles. The summed E-state index contributed by atoms with van der Waals surface area (Å²) in [6, 6.07) is 0. The van der Waals surface area contributed by atoms with Crippen LogP contribution < -0.4 is 5.73 Å². The van der Waals surface area contributed by atoms with Crippen molar-refractivity contribution in [2.24, 2.45) is 5.73 Å². The topological polar surface area (TPSA) is 134 Å². The van der Waals surface area contributed by atoms with Gasteiger partial charge in [0.1, 0.15) is 6.61 Å². The molecule has 0 aromatic heterocycles. The van der Waals surface area contributed by atoms with Crippen molar-refractivity contribution in [1.29, 1.82) is 0 Å². The molecule has 0 spiro atoms. The van der Waals surface area contributed by atoms with Crippen molar-refractivity contribution in [3.8, 4) is 0 Å². The highest BCUT2D eigenvalue weighted by Gasteiger charge is 2.26. The molecule has 9 nitrogen and oxygen atoms in total. The maximum absolute atomic E-state index is 12.7. The van der Waals surface area contributed by atoms with Gasteiger partial charge in [-0.25, -0.2) is 4.57 Å². The number of ether oxygens (including phenoxy) is 2. The molecule has 3 N–H and O–H groups in total. The number of nitrogens with two attached hydrogens (primary N) is 1. The van der Waals surface area contributed by atoms with Crippen molar-refractivity contribution in [2.45, 2.75) is 251 Å². The number of phosphoric ester groups is 1. The van der Waals surface area contributed by atoms with Gasteiger partial charge >= 0.3 is 19.8 Å². The van der Waals surface area contributed by atoms with Gasteiger partial charge < -0.3 is 20.1 Å². The average Bonchev–Trinajstić information content (AvgIpc) is 3.46. The van der Waals surface area contributed by atoms with E-state index in [0.29, 0.717) is 6.42 Å². The summed E-state index contributed by atoms with van der Waals surface area (Å²) < 4.78 is 33.1. The largest absolute Gasteiger partial charge is 0.472 e. The fraction of sp³-hybridized carbons (Fsp3) is 0.606. The standard InChI is InChI=1S/C71H116NO8P/c1-3-5-7-9-11-13-15-17-19-21-23-25-27-29-30-31-32-33-34-35-36-37-38-40-42-44-46-48-50-52-54-56-58-60-62-64-71(74)80-69(68-79-81(75,76)78-66-65-72)67-77-70(73)63-61-59-57-55-53-51-49-47-45-43-41-39-28-26-24-22-20-18-16-14-12-10-8-6-4-2/h5-8,11-14,17-20,23-26,29-30,32-33,35-36,38-41,69H,3-4,9-10,15-16,21-22,27-28,31,34,37,42-68,72H2,1-2H3,(H,75,76)/b7-5-,8-6-,13-11-,14-12-,19-17-,20-18-,25-23-,26-24-,30-29-,33-32-,36-35-,40-38-,41-39-. The van der Waals surface area contributed by atoms with Gasteiger partial charge in [-0.1, -0.05) is 268 Å². The van der Waals surface area contributed by atoms with Crippen LogP contribution in [0.1, 0.15) is 245 Å². The van der Waals surface area contributed by atoms with E-state index < -0.39 is 32.5 Å². The van der Waals surface area contributed by atoms with Crippen molar-refractivity contribution < 1.29 is 37.6 Å². The van der Waals surface area contributed by atoms with Crippen molar-refractivity contribution in [3.05, 3.63) is 158 Å². The van der Waals surface area contributed by atoms with Gasteiger partial charge in [-0.2, -0.15) is 0 Å². The molecule has 0 heterocycles. The van der Waals surface area contributed by atoms with Crippen LogP contribution in [-0.4, -0.2) is 49.3 Å². The summed E-state index contributed by atoms with van der Waals surface area (Å²) >= 11 is 0. The van der Waals surface area contributed by atoms with Gasteiger partial charge in [0, 0.05) is 19.4 Å². The number of rotatable bonds is 58. The van der Waals surface area contributed by atoms with Gasteiger partial charge in [0.05, 0.1) is 13.2 Å². The molecular formula is C71H116NO8P. The van der Waals surface area contributed by atoms with Gasteiger partial charge in [-0.05, 0) is 122 Å². The number of hydrogen-bond donors (Lipinski definition) is 2. The lowest BCUT2D eigenvalue weighted by Crippen LogP contribution is -2.29. The Morgan fingerprint density at radius 3 is 0.951 bits per heavy atom. The summed E-state index contributed by atoms with van der Waals surface area (Å²) in [5.41, 5.74) is 5.39. The Morgan fingerprint density at radius 1 is 0.370 bits per heavy atom. The van der Waals surface area contributed by atoms with Crippen molar-refractivity contribution in [3.63, 3.8) is 0 Å². The Hall–Kier alpha value is -4.37. The highest BCUT2D eigenvalue weighted by molar-refractivity contribution is 7.47. The van der Waals surface area contributed by atoms with Crippen molar-refractivity contribution >= 4 is 19.8 Å². The summed E-state index contributed by atoms with van der Waals surface area (Å²) in [6.45, 7) is 3.50. The predicted molar refractivity (Wildman–Crippen MR) is 348 cm³/mol. The SMILES string of the molecule is CC/C=C\C/C=C\C/C=C\C/C=C\C/C=C\C/C=C\C/C=C\C/C=C\CCCCCCCCCCCCC(=O)OC(COC(=O)CCCCCCCCCCC/C=C\C/C=C\C/C=C\C/C=C\C/C=C\CC)COP(=O)(O)OCCN. The molecule has 0 saturated carbocycles. The van der Waals surface area contributed by atoms with Crippen LogP contribution in [0.25, 0.3) is 0 Å². The number of carbonyl (C=O) groups excluding carboxylic acids is 2.